The molecule has 0 bridgehead atoms. The second kappa shape index (κ2) is 7.65. The van der Waals surface area contributed by atoms with Crippen LogP contribution in [-0.4, -0.2) is 30.8 Å². The fourth-order valence-electron chi connectivity index (χ4n) is 2.33. The summed E-state index contributed by atoms with van der Waals surface area (Å²) in [5, 5.41) is 5.02. The predicted octanol–water partition coefficient (Wildman–Crippen LogP) is 2.09. The highest BCUT2D eigenvalue weighted by molar-refractivity contribution is 5.97. The van der Waals surface area contributed by atoms with Gasteiger partial charge < -0.3 is 30.6 Å². The Morgan fingerprint density at radius 3 is 2.37 bits per heavy atom. The van der Waals surface area contributed by atoms with E-state index in [2.05, 4.69) is 10.6 Å². The highest BCUT2D eigenvalue weighted by atomic mass is 16.7. The second-order valence-electron chi connectivity index (χ2n) is 5.67. The summed E-state index contributed by atoms with van der Waals surface area (Å²) in [5.41, 5.74) is 6.18. The third-order valence-electron chi connectivity index (χ3n) is 3.68. The Labute approximate surface area is 154 Å². The highest BCUT2D eigenvalue weighted by Gasteiger charge is 2.20. The molecule has 27 heavy (non-hydrogen) atoms. The Kier molecular flexibility index (Phi) is 5.11. The van der Waals surface area contributed by atoms with Crippen LogP contribution in [0.1, 0.15) is 17.3 Å². The quantitative estimate of drug-likeness (QED) is 0.690. The van der Waals surface area contributed by atoms with E-state index < -0.39 is 24.0 Å². The SMILES string of the molecule is CC(OC(=O)c1ccc(NC(N)=O)cc1)C(=O)Nc1ccc2c(c1)OCO2. The molecule has 3 rings (SSSR count). The number of primary amides is 1. The topological polar surface area (TPSA) is 129 Å². The minimum Gasteiger partial charge on any atom is -0.454 e. The van der Waals surface area contributed by atoms with Crippen LogP contribution in [0.15, 0.2) is 42.5 Å². The fraction of sp³-hybridized carbons (Fsp3) is 0.167. The van der Waals surface area contributed by atoms with E-state index in [1.807, 2.05) is 0 Å². The van der Waals surface area contributed by atoms with Gasteiger partial charge in [0, 0.05) is 17.4 Å². The summed E-state index contributed by atoms with van der Waals surface area (Å²) in [4.78, 5) is 35.2. The van der Waals surface area contributed by atoms with Gasteiger partial charge in [0.2, 0.25) is 6.79 Å². The molecule has 1 unspecified atom stereocenters. The molecule has 1 atom stereocenters. The first kappa shape index (κ1) is 18.1. The first-order valence-corrected chi connectivity index (χ1v) is 8.00. The Morgan fingerprint density at radius 2 is 1.67 bits per heavy atom. The maximum absolute atomic E-state index is 12.2. The maximum atomic E-state index is 12.2. The van der Waals surface area contributed by atoms with Gasteiger partial charge in [-0.2, -0.15) is 0 Å². The van der Waals surface area contributed by atoms with Crippen molar-refractivity contribution in [3.05, 3.63) is 48.0 Å². The van der Waals surface area contributed by atoms with Gasteiger partial charge in [-0.1, -0.05) is 0 Å². The van der Waals surface area contributed by atoms with Crippen molar-refractivity contribution in [2.45, 2.75) is 13.0 Å². The number of rotatable bonds is 5. The van der Waals surface area contributed by atoms with Crippen molar-refractivity contribution in [2.75, 3.05) is 17.4 Å². The number of urea groups is 1. The molecule has 1 aliphatic rings. The lowest BCUT2D eigenvalue weighted by Gasteiger charge is -2.14. The molecule has 9 heteroatoms. The summed E-state index contributed by atoms with van der Waals surface area (Å²) in [6.07, 6.45) is -1.02. The number of carbonyl (C=O) groups excluding carboxylic acids is 3. The van der Waals surface area contributed by atoms with E-state index in [-0.39, 0.29) is 12.4 Å². The normalized spacial score (nSPS) is 12.8. The molecule has 140 valence electrons. The Bertz CT molecular complexity index is 881. The van der Waals surface area contributed by atoms with E-state index in [4.69, 9.17) is 19.9 Å². The van der Waals surface area contributed by atoms with Gasteiger partial charge in [-0.05, 0) is 43.3 Å². The van der Waals surface area contributed by atoms with E-state index in [0.717, 1.165) is 0 Å². The van der Waals surface area contributed by atoms with Crippen LogP contribution < -0.4 is 25.8 Å². The minimum absolute atomic E-state index is 0.133. The summed E-state index contributed by atoms with van der Waals surface area (Å²) in [7, 11) is 0. The lowest BCUT2D eigenvalue weighted by Crippen LogP contribution is -2.30. The summed E-state index contributed by atoms with van der Waals surface area (Å²) >= 11 is 0. The largest absolute Gasteiger partial charge is 0.454 e. The molecule has 0 fully saturated rings. The van der Waals surface area contributed by atoms with E-state index in [1.54, 1.807) is 18.2 Å². The van der Waals surface area contributed by atoms with Gasteiger partial charge in [-0.3, -0.25) is 4.79 Å². The minimum atomic E-state index is -1.02. The first-order chi connectivity index (χ1) is 12.9. The molecule has 0 spiro atoms. The number of carbonyl (C=O) groups is 3. The molecule has 2 aromatic rings. The van der Waals surface area contributed by atoms with Gasteiger partial charge in [-0.25, -0.2) is 9.59 Å². The zero-order valence-corrected chi connectivity index (χ0v) is 14.4. The van der Waals surface area contributed by atoms with Crippen LogP contribution in [0.4, 0.5) is 16.2 Å². The van der Waals surface area contributed by atoms with Crippen molar-refractivity contribution in [1.82, 2.24) is 0 Å². The molecule has 0 saturated heterocycles. The van der Waals surface area contributed by atoms with Crippen LogP contribution in [0.2, 0.25) is 0 Å². The zero-order chi connectivity index (χ0) is 19.4. The summed E-state index contributed by atoms with van der Waals surface area (Å²) in [5.74, 6) is -0.0351. The third kappa shape index (κ3) is 4.46. The monoisotopic (exact) mass is 371 g/mol. The van der Waals surface area contributed by atoms with Crippen molar-refractivity contribution in [3.63, 3.8) is 0 Å². The number of nitrogens with one attached hydrogen (secondary N) is 2. The molecule has 0 aliphatic carbocycles. The number of hydrogen-bond acceptors (Lipinski definition) is 6. The second-order valence-corrected chi connectivity index (χ2v) is 5.67. The fourth-order valence-corrected chi connectivity index (χ4v) is 2.33. The number of ether oxygens (including phenoxy) is 3. The average Bonchev–Trinajstić information content (AvgIpc) is 3.09. The molecule has 0 radical (unpaired) electrons. The van der Waals surface area contributed by atoms with E-state index in [0.29, 0.717) is 22.9 Å². The zero-order valence-electron chi connectivity index (χ0n) is 14.4. The van der Waals surface area contributed by atoms with E-state index in [1.165, 1.54) is 31.2 Å². The first-order valence-electron chi connectivity index (χ1n) is 8.00. The van der Waals surface area contributed by atoms with Gasteiger partial charge in [0.25, 0.3) is 5.91 Å². The van der Waals surface area contributed by atoms with Gasteiger partial charge in [-0.15, -0.1) is 0 Å². The van der Waals surface area contributed by atoms with Gasteiger partial charge >= 0.3 is 12.0 Å². The van der Waals surface area contributed by atoms with Crippen LogP contribution in [0.5, 0.6) is 11.5 Å². The summed E-state index contributed by atoms with van der Waals surface area (Å²) in [6.45, 7) is 1.59. The number of fused-ring (bicyclic) bond motifs is 1. The molecular weight excluding hydrogens is 354 g/mol. The number of anilines is 2. The van der Waals surface area contributed by atoms with Crippen molar-refractivity contribution in [2.24, 2.45) is 5.73 Å². The lowest BCUT2D eigenvalue weighted by atomic mass is 10.2. The standard InChI is InChI=1S/C18H17N3O6/c1-10(16(22)20-13-6-7-14-15(8-13)26-9-25-14)27-17(23)11-2-4-12(5-3-11)21-18(19)24/h2-8,10H,9H2,1H3,(H,20,22)(H3,19,21,24). The van der Waals surface area contributed by atoms with Crippen molar-refractivity contribution in [3.8, 4) is 11.5 Å². The Hall–Kier alpha value is -3.75. The Balaban J connectivity index is 1.57. The highest BCUT2D eigenvalue weighted by Crippen LogP contribution is 2.34. The molecule has 3 amide bonds. The van der Waals surface area contributed by atoms with Crippen LogP contribution in [0, 0.1) is 0 Å². The van der Waals surface area contributed by atoms with E-state index in [9.17, 15) is 14.4 Å². The smallest absolute Gasteiger partial charge is 0.338 e. The predicted molar refractivity (Wildman–Crippen MR) is 95.7 cm³/mol. The third-order valence-corrected chi connectivity index (χ3v) is 3.68. The van der Waals surface area contributed by atoms with Gasteiger partial charge in [0.15, 0.2) is 17.6 Å². The van der Waals surface area contributed by atoms with Crippen molar-refractivity contribution in [1.29, 1.82) is 0 Å². The van der Waals surface area contributed by atoms with Crippen LogP contribution in [-0.2, 0) is 9.53 Å². The Morgan fingerprint density at radius 1 is 1.00 bits per heavy atom. The number of benzene rings is 2. The van der Waals surface area contributed by atoms with Crippen LogP contribution in [0.25, 0.3) is 0 Å². The molecular formula is C18H17N3O6. The van der Waals surface area contributed by atoms with Crippen molar-refractivity contribution >= 4 is 29.3 Å². The summed E-state index contributed by atoms with van der Waals surface area (Å²) < 4.78 is 15.6. The molecule has 1 aliphatic heterocycles. The number of esters is 1. The molecule has 0 aromatic heterocycles. The molecule has 2 aromatic carbocycles. The van der Waals surface area contributed by atoms with Gasteiger partial charge in [0.1, 0.15) is 0 Å². The number of nitrogens with two attached hydrogens (primary N) is 1. The molecule has 4 N–H and O–H groups in total. The van der Waals surface area contributed by atoms with Crippen LogP contribution in [0.3, 0.4) is 0 Å². The lowest BCUT2D eigenvalue weighted by molar-refractivity contribution is -0.123. The molecule has 0 saturated carbocycles. The average molecular weight is 371 g/mol. The van der Waals surface area contributed by atoms with Crippen LogP contribution >= 0.6 is 0 Å². The van der Waals surface area contributed by atoms with Gasteiger partial charge in [0.05, 0.1) is 5.56 Å². The van der Waals surface area contributed by atoms with E-state index >= 15 is 0 Å². The maximum Gasteiger partial charge on any atom is 0.338 e. The molecule has 9 nitrogen and oxygen atoms in total. The summed E-state index contributed by atoms with van der Waals surface area (Å²) in [6, 6.07) is 10.2. The number of amides is 3. The number of hydrogen-bond donors (Lipinski definition) is 3. The molecule has 1 heterocycles. The van der Waals surface area contributed by atoms with Crippen molar-refractivity contribution < 1.29 is 28.6 Å².